The van der Waals surface area contributed by atoms with Crippen LogP contribution in [0, 0.1) is 0 Å². The molecule has 26 heavy (non-hydrogen) atoms. The van der Waals surface area contributed by atoms with Crippen LogP contribution >= 0.6 is 0 Å². The molecule has 1 saturated heterocycles. The summed E-state index contributed by atoms with van der Waals surface area (Å²) in [6.45, 7) is 6.93. The quantitative estimate of drug-likeness (QED) is 0.891. The predicted molar refractivity (Wildman–Crippen MR) is 99.9 cm³/mol. The van der Waals surface area contributed by atoms with Crippen molar-refractivity contribution < 1.29 is 9.59 Å². The molecule has 1 aromatic carbocycles. The van der Waals surface area contributed by atoms with Gasteiger partial charge in [0.25, 0.3) is 11.8 Å². The number of amides is 2. The molecule has 0 unspecified atom stereocenters. The number of carbonyl (C=O) groups excluding carboxylic acids is 2. The topological polar surface area (TPSA) is 65.5 Å². The van der Waals surface area contributed by atoms with Gasteiger partial charge in [-0.05, 0) is 48.5 Å². The van der Waals surface area contributed by atoms with Crippen molar-refractivity contribution in [2.75, 3.05) is 32.7 Å². The average molecular weight is 352 g/mol. The number of nitrogens with zero attached hydrogens (tertiary/aromatic N) is 3. The molecule has 1 aliphatic heterocycles. The normalized spacial score (nSPS) is 14.9. The summed E-state index contributed by atoms with van der Waals surface area (Å²) >= 11 is 0. The van der Waals surface area contributed by atoms with Crippen molar-refractivity contribution in [1.82, 2.24) is 20.1 Å². The van der Waals surface area contributed by atoms with E-state index >= 15 is 0 Å². The average Bonchev–Trinajstić information content (AvgIpc) is 2.72. The van der Waals surface area contributed by atoms with E-state index in [1.54, 1.807) is 36.7 Å². The van der Waals surface area contributed by atoms with E-state index in [0.29, 0.717) is 17.7 Å². The smallest absolute Gasteiger partial charge is 0.253 e. The Morgan fingerprint density at radius 3 is 2.19 bits per heavy atom. The van der Waals surface area contributed by atoms with Crippen molar-refractivity contribution in [2.45, 2.75) is 13.5 Å². The largest absolute Gasteiger partial charge is 0.348 e. The summed E-state index contributed by atoms with van der Waals surface area (Å²) in [5, 5.41) is 2.87. The number of pyridine rings is 1. The van der Waals surface area contributed by atoms with Crippen molar-refractivity contribution in [2.24, 2.45) is 0 Å². The zero-order valence-electron chi connectivity index (χ0n) is 15.0. The number of benzene rings is 1. The van der Waals surface area contributed by atoms with Gasteiger partial charge in [0.2, 0.25) is 0 Å². The lowest BCUT2D eigenvalue weighted by atomic mass is 10.1. The molecule has 0 bridgehead atoms. The second-order valence-electron chi connectivity index (χ2n) is 6.34. The van der Waals surface area contributed by atoms with E-state index in [1.807, 2.05) is 17.0 Å². The highest BCUT2D eigenvalue weighted by atomic mass is 16.2. The third-order valence-corrected chi connectivity index (χ3v) is 4.70. The molecule has 0 saturated carbocycles. The molecule has 3 rings (SSSR count). The first-order valence-corrected chi connectivity index (χ1v) is 8.96. The van der Waals surface area contributed by atoms with Crippen LogP contribution in [0.5, 0.6) is 0 Å². The Balaban J connectivity index is 1.56. The Morgan fingerprint density at radius 1 is 0.962 bits per heavy atom. The van der Waals surface area contributed by atoms with Gasteiger partial charge in [0.05, 0.1) is 0 Å². The van der Waals surface area contributed by atoms with Crippen LogP contribution in [0.25, 0.3) is 0 Å². The molecule has 1 fully saturated rings. The van der Waals surface area contributed by atoms with Crippen molar-refractivity contribution in [3.05, 3.63) is 65.5 Å². The Labute approximate surface area is 153 Å². The zero-order valence-corrected chi connectivity index (χ0v) is 15.0. The van der Waals surface area contributed by atoms with Gasteiger partial charge in [0.1, 0.15) is 0 Å². The van der Waals surface area contributed by atoms with E-state index in [9.17, 15) is 9.59 Å². The maximum Gasteiger partial charge on any atom is 0.253 e. The molecule has 2 amide bonds. The maximum absolute atomic E-state index is 12.6. The number of aromatic nitrogens is 1. The third-order valence-electron chi connectivity index (χ3n) is 4.70. The molecule has 6 heteroatoms. The molecule has 0 spiro atoms. The SMILES string of the molecule is CCN1CCN(C(=O)c2ccc(C(=O)NCc3ccncc3)cc2)CC1. The van der Waals surface area contributed by atoms with Gasteiger partial charge in [0, 0.05) is 56.2 Å². The van der Waals surface area contributed by atoms with Crippen LogP contribution in [0.3, 0.4) is 0 Å². The molecule has 1 N–H and O–H groups in total. The van der Waals surface area contributed by atoms with Crippen LogP contribution in [0.2, 0.25) is 0 Å². The molecule has 6 nitrogen and oxygen atoms in total. The van der Waals surface area contributed by atoms with Gasteiger partial charge in [-0.3, -0.25) is 14.6 Å². The molecule has 1 aromatic heterocycles. The summed E-state index contributed by atoms with van der Waals surface area (Å²) in [4.78, 5) is 33.0. The summed E-state index contributed by atoms with van der Waals surface area (Å²) in [5.41, 5.74) is 2.17. The van der Waals surface area contributed by atoms with Gasteiger partial charge in [-0.2, -0.15) is 0 Å². The van der Waals surface area contributed by atoms with Crippen LogP contribution in [-0.2, 0) is 6.54 Å². The van der Waals surface area contributed by atoms with E-state index in [2.05, 4.69) is 22.1 Å². The van der Waals surface area contributed by atoms with Gasteiger partial charge in [-0.1, -0.05) is 6.92 Å². The van der Waals surface area contributed by atoms with Gasteiger partial charge in [-0.25, -0.2) is 0 Å². The minimum atomic E-state index is -0.155. The second kappa shape index (κ2) is 8.58. The first-order chi connectivity index (χ1) is 12.7. The van der Waals surface area contributed by atoms with E-state index < -0.39 is 0 Å². The summed E-state index contributed by atoms with van der Waals surface area (Å²) in [7, 11) is 0. The minimum Gasteiger partial charge on any atom is -0.348 e. The van der Waals surface area contributed by atoms with Crippen LogP contribution in [0.4, 0.5) is 0 Å². The summed E-state index contributed by atoms with van der Waals surface area (Å²) < 4.78 is 0. The van der Waals surface area contributed by atoms with Gasteiger partial charge < -0.3 is 15.1 Å². The fourth-order valence-electron chi connectivity index (χ4n) is 3.00. The van der Waals surface area contributed by atoms with Crippen LogP contribution < -0.4 is 5.32 Å². The molecule has 136 valence electrons. The number of hydrogen-bond acceptors (Lipinski definition) is 4. The minimum absolute atomic E-state index is 0.0319. The van der Waals surface area contributed by atoms with E-state index in [0.717, 1.165) is 38.3 Å². The van der Waals surface area contributed by atoms with Crippen LogP contribution in [-0.4, -0.2) is 59.3 Å². The number of nitrogens with one attached hydrogen (secondary N) is 1. The number of carbonyl (C=O) groups is 2. The predicted octanol–water partition coefficient (Wildman–Crippen LogP) is 1.79. The molecule has 2 aromatic rings. The zero-order chi connectivity index (χ0) is 18.4. The van der Waals surface area contributed by atoms with Gasteiger partial charge in [-0.15, -0.1) is 0 Å². The molecule has 2 heterocycles. The van der Waals surface area contributed by atoms with E-state index in [-0.39, 0.29) is 11.8 Å². The van der Waals surface area contributed by atoms with Crippen LogP contribution in [0.15, 0.2) is 48.8 Å². The third kappa shape index (κ3) is 4.46. The highest BCUT2D eigenvalue weighted by Gasteiger charge is 2.21. The molecule has 1 aliphatic rings. The fraction of sp³-hybridized carbons (Fsp3) is 0.350. The molecule has 0 atom stereocenters. The van der Waals surface area contributed by atoms with Gasteiger partial charge in [0.15, 0.2) is 0 Å². The lowest BCUT2D eigenvalue weighted by molar-refractivity contribution is 0.0643. The molecule has 0 radical (unpaired) electrons. The number of likely N-dealkylation sites (N-methyl/N-ethyl adjacent to an activating group) is 1. The summed E-state index contributed by atoms with van der Waals surface area (Å²) in [6, 6.07) is 10.6. The Hall–Kier alpha value is -2.73. The molecular weight excluding hydrogens is 328 g/mol. The fourth-order valence-corrected chi connectivity index (χ4v) is 3.00. The Morgan fingerprint density at radius 2 is 1.58 bits per heavy atom. The number of rotatable bonds is 5. The summed E-state index contributed by atoms with van der Waals surface area (Å²) in [5.74, 6) is -0.123. The van der Waals surface area contributed by atoms with Crippen LogP contribution in [0.1, 0.15) is 33.2 Å². The standard InChI is InChI=1S/C20H24N4O2/c1-2-23-11-13-24(14-12-23)20(26)18-5-3-17(4-6-18)19(25)22-15-16-7-9-21-10-8-16/h3-10H,2,11-15H2,1H3,(H,22,25). The molecular formula is C20H24N4O2. The van der Waals surface area contributed by atoms with E-state index in [4.69, 9.17) is 0 Å². The maximum atomic E-state index is 12.6. The Bertz CT molecular complexity index is 738. The molecule has 0 aliphatic carbocycles. The van der Waals surface area contributed by atoms with Crippen molar-refractivity contribution in [3.63, 3.8) is 0 Å². The van der Waals surface area contributed by atoms with Crippen molar-refractivity contribution in [3.8, 4) is 0 Å². The lowest BCUT2D eigenvalue weighted by Crippen LogP contribution is -2.48. The lowest BCUT2D eigenvalue weighted by Gasteiger charge is -2.34. The Kier molecular flexibility index (Phi) is 5.96. The number of piperazine rings is 1. The van der Waals surface area contributed by atoms with Gasteiger partial charge >= 0.3 is 0 Å². The monoisotopic (exact) mass is 352 g/mol. The first-order valence-electron chi connectivity index (χ1n) is 8.96. The first kappa shape index (κ1) is 18.1. The number of hydrogen-bond donors (Lipinski definition) is 1. The second-order valence-corrected chi connectivity index (χ2v) is 6.34. The van der Waals surface area contributed by atoms with E-state index in [1.165, 1.54) is 0 Å². The highest BCUT2D eigenvalue weighted by molar-refractivity contribution is 5.97. The highest BCUT2D eigenvalue weighted by Crippen LogP contribution is 2.11. The summed E-state index contributed by atoms with van der Waals surface area (Å²) in [6.07, 6.45) is 3.39. The van der Waals surface area contributed by atoms with Crippen molar-refractivity contribution >= 4 is 11.8 Å². The van der Waals surface area contributed by atoms with Crippen molar-refractivity contribution in [1.29, 1.82) is 0 Å².